The maximum Gasteiger partial charge on any atom is 0.332 e. The summed E-state index contributed by atoms with van der Waals surface area (Å²) in [7, 11) is 0. The molecule has 2 unspecified atom stereocenters. The maximum absolute atomic E-state index is 10.7. The van der Waals surface area contributed by atoms with Gasteiger partial charge in [-0.1, -0.05) is 18.5 Å². The first-order chi connectivity index (χ1) is 8.02. The third kappa shape index (κ3) is 6.60. The molecule has 2 atom stereocenters. The van der Waals surface area contributed by atoms with Gasteiger partial charge in [0.1, 0.15) is 0 Å². The third-order valence-corrected chi connectivity index (χ3v) is 2.62. The lowest BCUT2D eigenvalue weighted by atomic mass is 10.0. The molecule has 0 fully saturated rings. The Kier molecular flexibility index (Phi) is 7.83. The Balaban J connectivity index is 4.00. The number of unbranched alkanes of at least 4 members (excludes halogenated alkanes) is 1. The van der Waals surface area contributed by atoms with Crippen LogP contribution in [0, 0.1) is 15.0 Å². The molecule has 17 heavy (non-hydrogen) atoms. The Morgan fingerprint density at radius 1 is 1.35 bits per heavy atom. The van der Waals surface area contributed by atoms with Gasteiger partial charge >= 0.3 is 5.97 Å². The quantitative estimate of drug-likeness (QED) is 0.361. The maximum atomic E-state index is 10.7. The van der Waals surface area contributed by atoms with E-state index in [0.717, 1.165) is 12.8 Å². The smallest absolute Gasteiger partial charge is 0.332 e. The van der Waals surface area contributed by atoms with E-state index in [-0.39, 0.29) is 11.3 Å². The molecule has 0 aliphatic heterocycles. The van der Waals surface area contributed by atoms with E-state index in [4.69, 9.17) is 5.11 Å². The normalized spacial score (nSPS) is 13.9. The molecular weight excluding hydrogens is 228 g/mol. The average molecular weight is 246 g/mol. The number of carbonyl (C=O) groups is 1. The lowest BCUT2D eigenvalue weighted by Gasteiger charge is -2.09. The third-order valence-electron chi connectivity index (χ3n) is 2.62. The Morgan fingerprint density at radius 3 is 2.35 bits per heavy atom. The van der Waals surface area contributed by atoms with E-state index in [1.165, 1.54) is 0 Å². The molecule has 0 heterocycles. The van der Waals surface area contributed by atoms with Gasteiger partial charge in [-0.3, -0.25) is 10.1 Å². The van der Waals surface area contributed by atoms with E-state index in [0.29, 0.717) is 19.3 Å². The molecule has 1 N–H and O–H groups in total. The molecule has 98 valence electrons. The molecule has 7 nitrogen and oxygen atoms in total. The summed E-state index contributed by atoms with van der Waals surface area (Å²) in [5.41, 5.74) is 0. The van der Waals surface area contributed by atoms with E-state index in [9.17, 15) is 19.8 Å². The second-order valence-corrected chi connectivity index (χ2v) is 3.97. The molecule has 0 bridgehead atoms. The van der Waals surface area contributed by atoms with Gasteiger partial charge in [0.2, 0.25) is 6.04 Å². The molecule has 0 aromatic heterocycles. The van der Waals surface area contributed by atoms with Crippen molar-refractivity contribution in [3.8, 4) is 0 Å². The number of nitro groups is 1. The molecule has 0 saturated heterocycles. The lowest BCUT2D eigenvalue weighted by Crippen LogP contribution is -2.21. The van der Waals surface area contributed by atoms with Crippen molar-refractivity contribution in [3.63, 3.8) is 0 Å². The molecule has 0 radical (unpaired) electrons. The van der Waals surface area contributed by atoms with Crippen LogP contribution in [0.15, 0.2) is 5.18 Å². The Labute approximate surface area is 99.3 Å². The number of nitroso groups, excluding NO2 is 1. The van der Waals surface area contributed by atoms with Crippen LogP contribution in [0.2, 0.25) is 0 Å². The Bertz CT molecular complexity index is 269. The van der Waals surface area contributed by atoms with Crippen LogP contribution < -0.4 is 0 Å². The zero-order valence-electron chi connectivity index (χ0n) is 9.87. The fourth-order valence-corrected chi connectivity index (χ4v) is 1.56. The first-order valence-corrected chi connectivity index (χ1v) is 5.71. The van der Waals surface area contributed by atoms with Crippen LogP contribution in [-0.2, 0) is 4.79 Å². The Hall–Kier alpha value is -1.53. The number of aliphatic carboxylic acids is 1. The summed E-state index contributed by atoms with van der Waals surface area (Å²) in [5, 5.41) is 21.7. The van der Waals surface area contributed by atoms with Gasteiger partial charge in [0.15, 0.2) is 6.04 Å². The average Bonchev–Trinajstić information content (AvgIpc) is 2.27. The van der Waals surface area contributed by atoms with Crippen molar-refractivity contribution in [1.29, 1.82) is 0 Å². The van der Waals surface area contributed by atoms with Crippen molar-refractivity contribution in [2.24, 2.45) is 5.18 Å². The van der Waals surface area contributed by atoms with Crippen LogP contribution in [0.1, 0.15) is 45.4 Å². The van der Waals surface area contributed by atoms with Crippen LogP contribution in [0.4, 0.5) is 0 Å². The molecule has 0 amide bonds. The first kappa shape index (κ1) is 15.5. The van der Waals surface area contributed by atoms with Crippen molar-refractivity contribution < 1.29 is 14.8 Å². The van der Waals surface area contributed by atoms with Crippen LogP contribution >= 0.6 is 0 Å². The van der Waals surface area contributed by atoms with Gasteiger partial charge in [-0.05, 0) is 19.3 Å². The van der Waals surface area contributed by atoms with E-state index in [2.05, 4.69) is 5.18 Å². The number of carboxylic acids is 1. The van der Waals surface area contributed by atoms with Crippen molar-refractivity contribution >= 4 is 5.97 Å². The van der Waals surface area contributed by atoms with Gasteiger partial charge < -0.3 is 5.11 Å². The zero-order chi connectivity index (χ0) is 13.3. The molecular formula is C10H18N2O5. The molecule has 0 rings (SSSR count). The number of rotatable bonds is 10. The molecule has 0 aliphatic rings. The highest BCUT2D eigenvalue weighted by Gasteiger charge is 2.22. The van der Waals surface area contributed by atoms with Crippen molar-refractivity contribution in [3.05, 3.63) is 15.0 Å². The minimum atomic E-state index is -1.28. The molecule has 0 aromatic rings. The number of hydrogen-bond donors (Lipinski definition) is 1. The summed E-state index contributed by atoms with van der Waals surface area (Å²) in [4.78, 5) is 31.0. The minimum absolute atomic E-state index is 0.0648. The van der Waals surface area contributed by atoms with E-state index < -0.39 is 18.1 Å². The lowest BCUT2D eigenvalue weighted by molar-refractivity contribution is -0.524. The predicted molar refractivity (Wildman–Crippen MR) is 61.4 cm³/mol. The van der Waals surface area contributed by atoms with Crippen molar-refractivity contribution in [1.82, 2.24) is 0 Å². The number of nitrogens with zero attached hydrogens (tertiary/aromatic N) is 2. The van der Waals surface area contributed by atoms with Crippen LogP contribution in [0.25, 0.3) is 0 Å². The highest BCUT2D eigenvalue weighted by Crippen LogP contribution is 2.13. The van der Waals surface area contributed by atoms with Crippen LogP contribution in [-0.4, -0.2) is 28.1 Å². The molecule has 7 heteroatoms. The largest absolute Gasteiger partial charge is 0.480 e. The van der Waals surface area contributed by atoms with E-state index >= 15 is 0 Å². The Morgan fingerprint density at radius 2 is 1.94 bits per heavy atom. The standard InChI is InChI=1S/C10H18N2O5/c1-2-3-5-8(12(16)17)6-4-7-9(11-15)10(13)14/h8-9H,2-7H2,1H3,(H,13,14). The van der Waals surface area contributed by atoms with Crippen LogP contribution in [0.5, 0.6) is 0 Å². The predicted octanol–water partition coefficient (Wildman–Crippen LogP) is 2.21. The van der Waals surface area contributed by atoms with Gasteiger partial charge in [0, 0.05) is 17.8 Å². The summed E-state index contributed by atoms with van der Waals surface area (Å²) in [6, 6.07) is -1.93. The first-order valence-electron chi connectivity index (χ1n) is 5.71. The summed E-state index contributed by atoms with van der Waals surface area (Å²) >= 11 is 0. The summed E-state index contributed by atoms with van der Waals surface area (Å²) < 4.78 is 0. The molecule has 0 aliphatic carbocycles. The summed E-state index contributed by atoms with van der Waals surface area (Å²) in [6.07, 6.45) is 2.85. The summed E-state index contributed by atoms with van der Waals surface area (Å²) in [5.74, 6) is -1.27. The second-order valence-electron chi connectivity index (χ2n) is 3.97. The van der Waals surface area contributed by atoms with Crippen molar-refractivity contribution in [2.75, 3.05) is 0 Å². The van der Waals surface area contributed by atoms with Gasteiger partial charge in [0.05, 0.1) is 0 Å². The topological polar surface area (TPSA) is 110 Å². The molecule has 0 spiro atoms. The fourth-order valence-electron chi connectivity index (χ4n) is 1.56. The minimum Gasteiger partial charge on any atom is -0.480 e. The van der Waals surface area contributed by atoms with Crippen molar-refractivity contribution in [2.45, 2.75) is 57.5 Å². The highest BCUT2D eigenvalue weighted by molar-refractivity contribution is 5.73. The highest BCUT2D eigenvalue weighted by atomic mass is 16.6. The van der Waals surface area contributed by atoms with E-state index in [1.807, 2.05) is 6.92 Å². The van der Waals surface area contributed by atoms with Gasteiger partial charge in [-0.2, -0.15) is 0 Å². The molecule has 0 aromatic carbocycles. The SMILES string of the molecule is CCCCC(CCCC(N=O)C(=O)O)[N+](=O)[O-]. The number of carboxylic acid groups (broad SMARTS) is 1. The number of hydrogen-bond acceptors (Lipinski definition) is 5. The summed E-state index contributed by atoms with van der Waals surface area (Å²) in [6.45, 7) is 1.95. The van der Waals surface area contributed by atoms with E-state index in [1.54, 1.807) is 0 Å². The second kappa shape index (κ2) is 8.60. The monoisotopic (exact) mass is 246 g/mol. The van der Waals surface area contributed by atoms with Crippen LogP contribution in [0.3, 0.4) is 0 Å². The zero-order valence-corrected chi connectivity index (χ0v) is 9.87. The van der Waals surface area contributed by atoms with Gasteiger partial charge in [-0.15, -0.1) is 4.91 Å². The molecule has 0 saturated carbocycles. The fraction of sp³-hybridized carbons (Fsp3) is 0.900. The van der Waals surface area contributed by atoms with Gasteiger partial charge in [-0.25, -0.2) is 4.79 Å². The van der Waals surface area contributed by atoms with Gasteiger partial charge in [0.25, 0.3) is 0 Å².